The summed E-state index contributed by atoms with van der Waals surface area (Å²) in [7, 11) is -3.82. The average molecular weight is 433 g/mol. The van der Waals surface area contributed by atoms with Crippen LogP contribution in [0.5, 0.6) is 0 Å². The van der Waals surface area contributed by atoms with Gasteiger partial charge in [0.05, 0.1) is 0 Å². The van der Waals surface area contributed by atoms with Crippen LogP contribution in [0.25, 0.3) is 0 Å². The molecule has 0 aromatic carbocycles. The molecule has 1 spiro atoms. The van der Waals surface area contributed by atoms with Gasteiger partial charge in [-0.3, -0.25) is 4.98 Å². The fraction of sp³-hybridized carbons (Fsp3) is 0.737. The Labute approximate surface area is 168 Å². The zero-order valence-corrected chi connectivity index (χ0v) is 17.2. The van der Waals surface area contributed by atoms with E-state index in [4.69, 9.17) is 4.74 Å². The van der Waals surface area contributed by atoms with Crippen LogP contribution in [0.4, 0.5) is 13.2 Å². The first-order valence-electron chi connectivity index (χ1n) is 9.94. The maximum atomic E-state index is 12.8. The third-order valence-electron chi connectivity index (χ3n) is 6.39. The summed E-state index contributed by atoms with van der Waals surface area (Å²) < 4.78 is 70.7. The van der Waals surface area contributed by atoms with E-state index in [9.17, 15) is 21.6 Å². The number of aromatic nitrogens is 1. The van der Waals surface area contributed by atoms with Gasteiger partial charge < -0.3 is 10.1 Å². The molecule has 162 valence electrons. The van der Waals surface area contributed by atoms with E-state index in [1.165, 1.54) is 11.2 Å². The lowest BCUT2D eigenvalue weighted by molar-refractivity contribution is -0.141. The molecule has 1 saturated carbocycles. The minimum Gasteiger partial charge on any atom is -0.381 e. The molecule has 2 aliphatic heterocycles. The first-order chi connectivity index (χ1) is 13.6. The Morgan fingerprint density at radius 3 is 2.52 bits per heavy atom. The summed E-state index contributed by atoms with van der Waals surface area (Å²) in [6.45, 7) is 4.84. The number of ether oxygens (including phenoxy) is 1. The lowest BCUT2D eigenvalue weighted by atomic mass is 9.61. The van der Waals surface area contributed by atoms with Crippen molar-refractivity contribution in [3.63, 3.8) is 0 Å². The van der Waals surface area contributed by atoms with Crippen molar-refractivity contribution in [2.75, 3.05) is 32.8 Å². The number of nitrogens with zero attached hydrogens (tertiary/aromatic N) is 2. The highest BCUT2D eigenvalue weighted by atomic mass is 32.2. The van der Waals surface area contributed by atoms with E-state index in [-0.39, 0.29) is 15.9 Å². The minimum absolute atomic E-state index is 0.00760. The van der Waals surface area contributed by atoms with Gasteiger partial charge in [-0.15, -0.1) is 0 Å². The van der Waals surface area contributed by atoms with Gasteiger partial charge in [0.25, 0.3) is 0 Å². The third kappa shape index (κ3) is 4.17. The molecule has 1 aromatic rings. The standard InChI is InChI=1S/C19H26F3N3O3S/c1-13-6-17(19(20,21)22)24-10-16(13)29(26,27)25-11-18(12-25)7-15(8-18)23-9-14-2-4-28-5-3-14/h6,10,14-15,23H,2-5,7-9,11-12H2,1H3. The molecule has 1 aromatic heterocycles. The van der Waals surface area contributed by atoms with Crippen LogP contribution in [0, 0.1) is 18.3 Å². The van der Waals surface area contributed by atoms with Gasteiger partial charge in [-0.1, -0.05) is 0 Å². The zero-order valence-electron chi connectivity index (χ0n) is 16.3. The van der Waals surface area contributed by atoms with Gasteiger partial charge in [0.2, 0.25) is 10.0 Å². The Morgan fingerprint density at radius 2 is 1.93 bits per heavy atom. The van der Waals surface area contributed by atoms with Crippen molar-refractivity contribution in [3.8, 4) is 0 Å². The van der Waals surface area contributed by atoms with E-state index < -0.39 is 21.9 Å². The number of hydrogen-bond donors (Lipinski definition) is 1. The molecular weight excluding hydrogens is 407 g/mol. The van der Waals surface area contributed by atoms with Gasteiger partial charge in [-0.25, -0.2) is 8.42 Å². The van der Waals surface area contributed by atoms with E-state index >= 15 is 0 Å². The van der Waals surface area contributed by atoms with Crippen molar-refractivity contribution in [1.82, 2.24) is 14.6 Å². The number of nitrogens with one attached hydrogen (secondary N) is 1. The molecule has 10 heteroatoms. The third-order valence-corrected chi connectivity index (χ3v) is 8.31. The highest BCUT2D eigenvalue weighted by Crippen LogP contribution is 2.50. The van der Waals surface area contributed by atoms with Crippen LogP contribution in [-0.2, 0) is 20.9 Å². The molecule has 0 atom stereocenters. The summed E-state index contributed by atoms with van der Waals surface area (Å²) in [5, 5.41) is 3.59. The molecule has 3 heterocycles. The number of aryl methyl sites for hydroxylation is 1. The van der Waals surface area contributed by atoms with Gasteiger partial charge in [-0.2, -0.15) is 17.5 Å². The highest BCUT2D eigenvalue weighted by Gasteiger charge is 2.55. The van der Waals surface area contributed by atoms with Crippen molar-refractivity contribution >= 4 is 10.0 Å². The monoisotopic (exact) mass is 433 g/mol. The zero-order chi connectivity index (χ0) is 20.9. The molecule has 6 nitrogen and oxygen atoms in total. The van der Waals surface area contributed by atoms with E-state index in [0.29, 0.717) is 25.0 Å². The Kier molecular flexibility index (Phi) is 5.42. The minimum atomic E-state index is -4.59. The Bertz CT molecular complexity index is 855. The van der Waals surface area contributed by atoms with Crippen molar-refractivity contribution < 1.29 is 26.3 Å². The summed E-state index contributed by atoms with van der Waals surface area (Å²) in [5.74, 6) is 0.647. The van der Waals surface area contributed by atoms with Gasteiger partial charge in [-0.05, 0) is 56.7 Å². The summed E-state index contributed by atoms with van der Waals surface area (Å²) >= 11 is 0. The van der Waals surface area contributed by atoms with Crippen molar-refractivity contribution in [2.45, 2.75) is 49.7 Å². The number of pyridine rings is 1. The summed E-state index contributed by atoms with van der Waals surface area (Å²) in [5.41, 5.74) is -1.00. The van der Waals surface area contributed by atoms with Gasteiger partial charge in [0.15, 0.2) is 0 Å². The molecule has 0 bridgehead atoms. The van der Waals surface area contributed by atoms with Crippen LogP contribution in [0.1, 0.15) is 36.9 Å². The molecule has 0 amide bonds. The van der Waals surface area contributed by atoms with E-state index in [2.05, 4.69) is 10.3 Å². The molecule has 2 saturated heterocycles. The molecule has 1 N–H and O–H groups in total. The second-order valence-electron chi connectivity index (χ2n) is 8.68. The molecule has 4 rings (SSSR count). The quantitative estimate of drug-likeness (QED) is 0.773. The van der Waals surface area contributed by atoms with Crippen molar-refractivity contribution in [1.29, 1.82) is 0 Å². The molecule has 3 aliphatic rings. The van der Waals surface area contributed by atoms with Crippen LogP contribution in [-0.4, -0.2) is 56.6 Å². The number of halogens is 3. The predicted molar refractivity (Wildman–Crippen MR) is 99.7 cm³/mol. The summed E-state index contributed by atoms with van der Waals surface area (Å²) in [6, 6.07) is 1.21. The summed E-state index contributed by atoms with van der Waals surface area (Å²) in [6.07, 6.45) is 0.276. The van der Waals surface area contributed by atoms with E-state index in [0.717, 1.165) is 57.7 Å². The summed E-state index contributed by atoms with van der Waals surface area (Å²) in [4.78, 5) is 3.17. The largest absolute Gasteiger partial charge is 0.433 e. The van der Waals surface area contributed by atoms with Crippen molar-refractivity contribution in [3.05, 3.63) is 23.5 Å². The lowest BCUT2D eigenvalue weighted by Gasteiger charge is -2.58. The van der Waals surface area contributed by atoms with Crippen LogP contribution >= 0.6 is 0 Å². The number of hydrogen-bond acceptors (Lipinski definition) is 5. The Hall–Kier alpha value is -1.23. The first-order valence-corrected chi connectivity index (χ1v) is 11.4. The maximum absolute atomic E-state index is 12.8. The smallest absolute Gasteiger partial charge is 0.381 e. The second-order valence-corrected chi connectivity index (χ2v) is 10.6. The number of sulfonamides is 1. The topological polar surface area (TPSA) is 71.5 Å². The SMILES string of the molecule is Cc1cc(C(F)(F)F)ncc1S(=O)(=O)N1CC2(CC(NCC3CCOCC3)C2)C1. The maximum Gasteiger partial charge on any atom is 0.433 e. The molecule has 0 unspecified atom stereocenters. The van der Waals surface area contributed by atoms with Gasteiger partial charge >= 0.3 is 6.18 Å². The van der Waals surface area contributed by atoms with Gasteiger partial charge in [0, 0.05) is 44.0 Å². The lowest BCUT2D eigenvalue weighted by Crippen LogP contribution is -2.67. The molecule has 29 heavy (non-hydrogen) atoms. The fourth-order valence-electron chi connectivity index (χ4n) is 4.65. The van der Waals surface area contributed by atoms with Crippen LogP contribution in [0.3, 0.4) is 0 Å². The number of alkyl halides is 3. The predicted octanol–water partition coefficient (Wildman–Crippen LogP) is 2.58. The molecule has 3 fully saturated rings. The molecular formula is C19H26F3N3O3S. The van der Waals surface area contributed by atoms with Crippen molar-refractivity contribution in [2.24, 2.45) is 11.3 Å². The van der Waals surface area contributed by atoms with Crippen LogP contribution < -0.4 is 5.32 Å². The Balaban J connectivity index is 1.30. The number of rotatable bonds is 5. The normalized spacial score (nSPS) is 23.7. The average Bonchev–Trinajstić information content (AvgIpc) is 2.58. The van der Waals surface area contributed by atoms with Crippen LogP contribution in [0.2, 0.25) is 0 Å². The van der Waals surface area contributed by atoms with Crippen LogP contribution in [0.15, 0.2) is 17.2 Å². The molecule has 1 aliphatic carbocycles. The Morgan fingerprint density at radius 1 is 1.28 bits per heavy atom. The second kappa shape index (κ2) is 7.47. The first kappa shape index (κ1) is 21.0. The molecule has 0 radical (unpaired) electrons. The van der Waals surface area contributed by atoms with Gasteiger partial charge in [0.1, 0.15) is 10.6 Å². The van der Waals surface area contributed by atoms with E-state index in [1.54, 1.807) is 0 Å². The highest BCUT2D eigenvalue weighted by molar-refractivity contribution is 7.89. The van der Waals surface area contributed by atoms with E-state index in [1.807, 2.05) is 0 Å². The fourth-order valence-corrected chi connectivity index (χ4v) is 6.47.